The third-order valence-corrected chi connectivity index (χ3v) is 5.61. The minimum absolute atomic E-state index is 0.515. The number of aromatic nitrogens is 1. The Kier molecular flexibility index (Phi) is 4.79. The summed E-state index contributed by atoms with van der Waals surface area (Å²) < 4.78 is 0. The molecule has 0 aromatic carbocycles. The summed E-state index contributed by atoms with van der Waals surface area (Å²) in [4.78, 5) is 6.08. The molecule has 1 heterocycles. The molecule has 18 heavy (non-hydrogen) atoms. The number of nitrogens with zero attached hydrogens (tertiary/aromatic N) is 1. The zero-order valence-corrected chi connectivity index (χ0v) is 12.9. The molecule has 3 atom stereocenters. The lowest BCUT2D eigenvalue weighted by atomic mass is 9.73. The van der Waals surface area contributed by atoms with Gasteiger partial charge in [-0.1, -0.05) is 32.6 Å². The van der Waals surface area contributed by atoms with E-state index in [0.717, 1.165) is 11.8 Å². The molecule has 0 aliphatic heterocycles. The van der Waals surface area contributed by atoms with Gasteiger partial charge in [0.25, 0.3) is 0 Å². The van der Waals surface area contributed by atoms with Gasteiger partial charge in [0.1, 0.15) is 0 Å². The van der Waals surface area contributed by atoms with E-state index in [1.54, 1.807) is 0 Å². The third kappa shape index (κ3) is 2.77. The summed E-state index contributed by atoms with van der Waals surface area (Å²) in [6.07, 6.45) is 6.93. The van der Waals surface area contributed by atoms with Gasteiger partial charge in [-0.15, -0.1) is 11.3 Å². The van der Waals surface area contributed by atoms with Crippen molar-refractivity contribution in [2.24, 2.45) is 11.8 Å². The second-order valence-electron chi connectivity index (χ2n) is 5.57. The summed E-state index contributed by atoms with van der Waals surface area (Å²) in [6, 6.07) is 0.515. The molecule has 1 saturated carbocycles. The smallest absolute Gasteiger partial charge is 0.0900 e. The standard InChI is InChI=1S/C15H26N2S/c1-5-12-8-6-7-9-13(12)14(16-4)15-10(2)17-11(3)18-15/h12-14,16H,5-9H2,1-4H3. The van der Waals surface area contributed by atoms with Gasteiger partial charge in [0, 0.05) is 10.9 Å². The molecule has 0 saturated heterocycles. The predicted octanol–water partition coefficient (Wildman–Crippen LogP) is 4.24. The van der Waals surface area contributed by atoms with E-state index in [1.807, 2.05) is 11.3 Å². The number of hydrogen-bond donors (Lipinski definition) is 1. The number of nitrogens with one attached hydrogen (secondary N) is 1. The lowest BCUT2D eigenvalue weighted by Crippen LogP contribution is -2.32. The molecule has 3 unspecified atom stereocenters. The van der Waals surface area contributed by atoms with Gasteiger partial charge in [0.05, 0.1) is 10.7 Å². The number of thiazole rings is 1. The predicted molar refractivity (Wildman–Crippen MR) is 79.1 cm³/mol. The van der Waals surface area contributed by atoms with Crippen molar-refractivity contribution in [3.63, 3.8) is 0 Å². The molecule has 1 fully saturated rings. The first-order chi connectivity index (χ1) is 8.67. The van der Waals surface area contributed by atoms with Crippen LogP contribution in [0.4, 0.5) is 0 Å². The Hall–Kier alpha value is -0.410. The van der Waals surface area contributed by atoms with Crippen LogP contribution in [0.2, 0.25) is 0 Å². The fourth-order valence-electron chi connectivity index (χ4n) is 3.56. The number of aryl methyl sites for hydroxylation is 2. The first kappa shape index (κ1) is 14.0. The van der Waals surface area contributed by atoms with Crippen LogP contribution in [-0.4, -0.2) is 12.0 Å². The fourth-order valence-corrected chi connectivity index (χ4v) is 4.67. The highest BCUT2D eigenvalue weighted by atomic mass is 32.1. The lowest BCUT2D eigenvalue weighted by Gasteiger charge is -2.36. The summed E-state index contributed by atoms with van der Waals surface area (Å²) >= 11 is 1.88. The van der Waals surface area contributed by atoms with Crippen LogP contribution >= 0.6 is 11.3 Å². The first-order valence-electron chi connectivity index (χ1n) is 7.28. The Morgan fingerprint density at radius 1 is 1.33 bits per heavy atom. The molecule has 0 radical (unpaired) electrons. The largest absolute Gasteiger partial charge is 0.312 e. The molecular formula is C15H26N2S. The minimum atomic E-state index is 0.515. The molecule has 1 aliphatic rings. The molecule has 2 nitrogen and oxygen atoms in total. The van der Waals surface area contributed by atoms with E-state index in [-0.39, 0.29) is 0 Å². The molecule has 1 aromatic rings. The van der Waals surface area contributed by atoms with Gasteiger partial charge >= 0.3 is 0 Å². The zero-order valence-electron chi connectivity index (χ0n) is 12.1. The maximum atomic E-state index is 4.60. The van der Waals surface area contributed by atoms with Crippen molar-refractivity contribution in [2.45, 2.75) is 58.9 Å². The van der Waals surface area contributed by atoms with Crippen molar-refractivity contribution >= 4 is 11.3 Å². The Morgan fingerprint density at radius 2 is 2.06 bits per heavy atom. The van der Waals surface area contributed by atoms with Crippen molar-refractivity contribution in [3.8, 4) is 0 Å². The second kappa shape index (κ2) is 6.16. The third-order valence-electron chi connectivity index (χ3n) is 4.45. The first-order valence-corrected chi connectivity index (χ1v) is 8.10. The van der Waals surface area contributed by atoms with Crippen LogP contribution in [0.1, 0.15) is 60.6 Å². The van der Waals surface area contributed by atoms with Gasteiger partial charge in [0.2, 0.25) is 0 Å². The van der Waals surface area contributed by atoms with Gasteiger partial charge in [0.15, 0.2) is 0 Å². The maximum Gasteiger partial charge on any atom is 0.0900 e. The van der Waals surface area contributed by atoms with Gasteiger partial charge < -0.3 is 5.32 Å². The Balaban J connectivity index is 2.24. The molecule has 3 heteroatoms. The van der Waals surface area contributed by atoms with Crippen LogP contribution in [0.5, 0.6) is 0 Å². The van der Waals surface area contributed by atoms with Crippen LogP contribution in [0.15, 0.2) is 0 Å². The minimum Gasteiger partial charge on any atom is -0.312 e. The van der Waals surface area contributed by atoms with E-state index in [4.69, 9.17) is 0 Å². The Bertz CT molecular complexity index is 386. The summed E-state index contributed by atoms with van der Waals surface area (Å²) in [5.41, 5.74) is 1.23. The normalized spacial score (nSPS) is 26.2. The molecule has 0 amide bonds. The highest BCUT2D eigenvalue weighted by molar-refractivity contribution is 7.11. The Morgan fingerprint density at radius 3 is 2.61 bits per heavy atom. The summed E-state index contributed by atoms with van der Waals surface area (Å²) in [6.45, 7) is 6.62. The second-order valence-corrected chi connectivity index (χ2v) is 6.80. The van der Waals surface area contributed by atoms with E-state index in [9.17, 15) is 0 Å². The lowest BCUT2D eigenvalue weighted by molar-refractivity contribution is 0.182. The van der Waals surface area contributed by atoms with Gasteiger partial charge in [-0.25, -0.2) is 4.98 Å². The van der Waals surface area contributed by atoms with Crippen molar-refractivity contribution in [2.75, 3.05) is 7.05 Å². The highest BCUT2D eigenvalue weighted by Gasteiger charge is 2.32. The number of rotatable bonds is 4. The summed E-state index contributed by atoms with van der Waals surface area (Å²) in [5, 5.41) is 4.78. The quantitative estimate of drug-likeness (QED) is 0.882. The van der Waals surface area contributed by atoms with E-state index in [1.165, 1.54) is 47.7 Å². The molecular weight excluding hydrogens is 240 g/mol. The number of hydrogen-bond acceptors (Lipinski definition) is 3. The monoisotopic (exact) mass is 266 g/mol. The fraction of sp³-hybridized carbons (Fsp3) is 0.800. The average molecular weight is 266 g/mol. The topological polar surface area (TPSA) is 24.9 Å². The molecule has 0 bridgehead atoms. The molecule has 102 valence electrons. The molecule has 1 N–H and O–H groups in total. The molecule has 1 aromatic heterocycles. The van der Waals surface area contributed by atoms with E-state index >= 15 is 0 Å². The van der Waals surface area contributed by atoms with Crippen molar-refractivity contribution in [1.29, 1.82) is 0 Å². The van der Waals surface area contributed by atoms with Crippen molar-refractivity contribution < 1.29 is 0 Å². The van der Waals surface area contributed by atoms with E-state index in [0.29, 0.717) is 6.04 Å². The van der Waals surface area contributed by atoms with Crippen LogP contribution in [0.3, 0.4) is 0 Å². The summed E-state index contributed by atoms with van der Waals surface area (Å²) in [5.74, 6) is 1.69. The van der Waals surface area contributed by atoms with Crippen molar-refractivity contribution in [1.82, 2.24) is 10.3 Å². The van der Waals surface area contributed by atoms with Crippen LogP contribution in [0, 0.1) is 25.7 Å². The Labute approximate surface area is 115 Å². The van der Waals surface area contributed by atoms with Crippen LogP contribution < -0.4 is 5.32 Å². The van der Waals surface area contributed by atoms with Gasteiger partial charge in [-0.3, -0.25) is 0 Å². The van der Waals surface area contributed by atoms with E-state index < -0.39 is 0 Å². The molecule has 0 spiro atoms. The van der Waals surface area contributed by atoms with E-state index in [2.05, 4.69) is 38.1 Å². The molecule has 1 aliphatic carbocycles. The van der Waals surface area contributed by atoms with Gasteiger partial charge in [-0.2, -0.15) is 0 Å². The zero-order chi connectivity index (χ0) is 13.1. The van der Waals surface area contributed by atoms with Crippen molar-refractivity contribution in [3.05, 3.63) is 15.6 Å². The summed E-state index contributed by atoms with van der Waals surface area (Å²) in [7, 11) is 2.11. The van der Waals surface area contributed by atoms with Gasteiger partial charge in [-0.05, 0) is 39.2 Å². The highest BCUT2D eigenvalue weighted by Crippen LogP contribution is 2.42. The maximum absolute atomic E-state index is 4.60. The van der Waals surface area contributed by atoms with Crippen LogP contribution in [0.25, 0.3) is 0 Å². The SMILES string of the molecule is CCC1CCCCC1C(NC)c1sc(C)nc1C. The van der Waals surface area contributed by atoms with Crippen LogP contribution in [-0.2, 0) is 0 Å². The average Bonchev–Trinajstić information content (AvgIpc) is 2.70. The molecule has 2 rings (SSSR count).